The number of nitrogens with one attached hydrogen (secondary N) is 2. The van der Waals surface area contributed by atoms with Gasteiger partial charge in [-0.3, -0.25) is 0 Å². The number of halogens is 1. The van der Waals surface area contributed by atoms with Gasteiger partial charge in [-0.15, -0.1) is 0 Å². The third-order valence-corrected chi connectivity index (χ3v) is 3.26. The Hall–Kier alpha value is -2.20. The van der Waals surface area contributed by atoms with E-state index in [1.807, 2.05) is 32.0 Å². The second-order valence-corrected chi connectivity index (χ2v) is 4.91. The molecule has 0 aromatic heterocycles. The van der Waals surface area contributed by atoms with E-state index in [4.69, 9.17) is 16.3 Å². The molecule has 4 nitrogen and oxygen atoms in total. The number of benzene rings is 2. The molecular formula is C16H17ClN2O2. The van der Waals surface area contributed by atoms with E-state index < -0.39 is 0 Å². The van der Waals surface area contributed by atoms with Crippen LogP contribution < -0.4 is 15.4 Å². The van der Waals surface area contributed by atoms with Crippen molar-refractivity contribution in [1.82, 2.24) is 0 Å². The second-order valence-electron chi connectivity index (χ2n) is 4.50. The minimum Gasteiger partial charge on any atom is -0.494 e. The molecule has 2 aromatic rings. The zero-order chi connectivity index (χ0) is 15.2. The van der Waals surface area contributed by atoms with Crippen LogP contribution in [0.5, 0.6) is 5.75 Å². The van der Waals surface area contributed by atoms with Crippen LogP contribution in [0.4, 0.5) is 16.2 Å². The topological polar surface area (TPSA) is 50.4 Å². The summed E-state index contributed by atoms with van der Waals surface area (Å²) in [5, 5.41) is 6.19. The number of rotatable bonds is 4. The fourth-order valence-corrected chi connectivity index (χ4v) is 1.93. The van der Waals surface area contributed by atoms with E-state index in [1.165, 1.54) is 0 Å². The summed E-state index contributed by atoms with van der Waals surface area (Å²) in [4.78, 5) is 11.9. The van der Waals surface area contributed by atoms with Crippen LogP contribution in [0.3, 0.4) is 0 Å². The molecule has 110 valence electrons. The average Bonchev–Trinajstić information content (AvgIpc) is 2.45. The number of hydrogen-bond donors (Lipinski definition) is 2. The number of carbonyl (C=O) groups is 1. The lowest BCUT2D eigenvalue weighted by atomic mass is 10.2. The fraction of sp³-hybridized carbons (Fsp3) is 0.188. The van der Waals surface area contributed by atoms with Crippen LogP contribution in [0.25, 0.3) is 0 Å². The van der Waals surface area contributed by atoms with Crippen molar-refractivity contribution in [2.24, 2.45) is 0 Å². The lowest BCUT2D eigenvalue weighted by Gasteiger charge is -2.09. The summed E-state index contributed by atoms with van der Waals surface area (Å²) in [5.74, 6) is 0.775. The summed E-state index contributed by atoms with van der Waals surface area (Å²) in [6.07, 6.45) is 0. The lowest BCUT2D eigenvalue weighted by Crippen LogP contribution is -2.19. The highest BCUT2D eigenvalue weighted by Crippen LogP contribution is 2.20. The second kappa shape index (κ2) is 6.99. The Kier molecular flexibility index (Phi) is 5.06. The lowest BCUT2D eigenvalue weighted by molar-refractivity contribution is 0.262. The molecule has 0 aliphatic rings. The summed E-state index contributed by atoms with van der Waals surface area (Å²) >= 11 is 5.95. The Morgan fingerprint density at radius 1 is 1.10 bits per heavy atom. The van der Waals surface area contributed by atoms with Crippen LogP contribution in [0.2, 0.25) is 5.02 Å². The van der Waals surface area contributed by atoms with E-state index in [9.17, 15) is 4.79 Å². The van der Waals surface area contributed by atoms with E-state index in [0.29, 0.717) is 23.0 Å². The standard InChI is InChI=1S/C16H17ClN2O2/c1-3-21-14-7-4-12(5-8-14)18-16(20)19-13-6-9-15(17)11(2)10-13/h4-10H,3H2,1-2H3,(H2,18,19,20). The molecule has 0 aliphatic carbocycles. The molecule has 2 N–H and O–H groups in total. The van der Waals surface area contributed by atoms with Gasteiger partial charge in [-0.05, 0) is 61.9 Å². The first kappa shape index (κ1) is 15.2. The van der Waals surface area contributed by atoms with Gasteiger partial charge in [0.1, 0.15) is 5.75 Å². The van der Waals surface area contributed by atoms with E-state index >= 15 is 0 Å². The van der Waals surface area contributed by atoms with Gasteiger partial charge in [0, 0.05) is 16.4 Å². The van der Waals surface area contributed by atoms with E-state index in [2.05, 4.69) is 10.6 Å². The Balaban J connectivity index is 1.96. The third kappa shape index (κ3) is 4.39. The summed E-state index contributed by atoms with van der Waals surface area (Å²) in [7, 11) is 0. The molecule has 2 aromatic carbocycles. The first-order valence-corrected chi connectivity index (χ1v) is 7.03. The third-order valence-electron chi connectivity index (χ3n) is 2.84. The summed E-state index contributed by atoms with van der Waals surface area (Å²) in [5.41, 5.74) is 2.30. The highest BCUT2D eigenvalue weighted by atomic mass is 35.5. The van der Waals surface area contributed by atoms with Gasteiger partial charge < -0.3 is 15.4 Å². The monoisotopic (exact) mass is 304 g/mol. The number of urea groups is 1. The molecule has 0 heterocycles. The van der Waals surface area contributed by atoms with Crippen LogP contribution >= 0.6 is 11.6 Å². The largest absolute Gasteiger partial charge is 0.494 e. The highest BCUT2D eigenvalue weighted by Gasteiger charge is 2.04. The molecule has 0 atom stereocenters. The number of anilines is 2. The minimum atomic E-state index is -0.305. The van der Waals surface area contributed by atoms with Gasteiger partial charge in [-0.1, -0.05) is 11.6 Å². The van der Waals surface area contributed by atoms with Crippen LogP contribution in [-0.2, 0) is 0 Å². The van der Waals surface area contributed by atoms with Crippen LogP contribution in [-0.4, -0.2) is 12.6 Å². The Morgan fingerprint density at radius 3 is 2.33 bits per heavy atom. The molecule has 0 unspecified atom stereocenters. The molecule has 2 amide bonds. The summed E-state index contributed by atoms with van der Waals surface area (Å²) < 4.78 is 5.35. The maximum atomic E-state index is 11.9. The number of ether oxygens (including phenoxy) is 1. The molecule has 0 fully saturated rings. The van der Waals surface area contributed by atoms with Crippen molar-refractivity contribution < 1.29 is 9.53 Å². The van der Waals surface area contributed by atoms with Crippen molar-refractivity contribution in [2.45, 2.75) is 13.8 Å². The normalized spacial score (nSPS) is 10.0. The maximum absolute atomic E-state index is 11.9. The molecule has 0 radical (unpaired) electrons. The van der Waals surface area contributed by atoms with Crippen molar-refractivity contribution >= 4 is 29.0 Å². The van der Waals surface area contributed by atoms with Gasteiger partial charge in [0.25, 0.3) is 0 Å². The molecule has 21 heavy (non-hydrogen) atoms. The first-order chi connectivity index (χ1) is 10.1. The van der Waals surface area contributed by atoms with Gasteiger partial charge in [0.05, 0.1) is 6.61 Å². The van der Waals surface area contributed by atoms with Crippen LogP contribution in [0.1, 0.15) is 12.5 Å². The molecule has 0 aliphatic heterocycles. The Bertz CT molecular complexity index is 627. The van der Waals surface area contributed by atoms with Crippen molar-refractivity contribution in [2.75, 3.05) is 17.2 Å². The fourth-order valence-electron chi connectivity index (χ4n) is 1.82. The predicted molar refractivity (Wildman–Crippen MR) is 86.4 cm³/mol. The Morgan fingerprint density at radius 2 is 1.71 bits per heavy atom. The van der Waals surface area contributed by atoms with Crippen LogP contribution in [0.15, 0.2) is 42.5 Å². The molecule has 0 bridgehead atoms. The van der Waals surface area contributed by atoms with E-state index in [0.717, 1.165) is 11.3 Å². The molecule has 5 heteroatoms. The van der Waals surface area contributed by atoms with Crippen LogP contribution in [0, 0.1) is 6.92 Å². The molecular weight excluding hydrogens is 288 g/mol. The highest BCUT2D eigenvalue weighted by molar-refractivity contribution is 6.31. The van der Waals surface area contributed by atoms with Gasteiger partial charge in [0.2, 0.25) is 0 Å². The van der Waals surface area contributed by atoms with Gasteiger partial charge >= 0.3 is 6.03 Å². The van der Waals surface area contributed by atoms with E-state index in [-0.39, 0.29) is 6.03 Å². The first-order valence-electron chi connectivity index (χ1n) is 6.65. The van der Waals surface area contributed by atoms with Crippen molar-refractivity contribution in [3.63, 3.8) is 0 Å². The van der Waals surface area contributed by atoms with E-state index in [1.54, 1.807) is 24.3 Å². The molecule has 0 saturated heterocycles. The summed E-state index contributed by atoms with van der Waals surface area (Å²) in [6.45, 7) is 4.43. The predicted octanol–water partition coefficient (Wildman–Crippen LogP) is 4.69. The zero-order valence-corrected chi connectivity index (χ0v) is 12.7. The zero-order valence-electron chi connectivity index (χ0n) is 11.9. The SMILES string of the molecule is CCOc1ccc(NC(=O)Nc2ccc(Cl)c(C)c2)cc1. The number of carbonyl (C=O) groups excluding carboxylic acids is 1. The number of aryl methyl sites for hydroxylation is 1. The van der Waals surface area contributed by atoms with Gasteiger partial charge in [-0.25, -0.2) is 4.79 Å². The summed E-state index contributed by atoms with van der Waals surface area (Å²) in [6, 6.07) is 12.2. The molecule has 2 rings (SSSR count). The molecule has 0 spiro atoms. The maximum Gasteiger partial charge on any atom is 0.323 e. The van der Waals surface area contributed by atoms with Gasteiger partial charge in [0.15, 0.2) is 0 Å². The van der Waals surface area contributed by atoms with Crippen molar-refractivity contribution in [1.29, 1.82) is 0 Å². The van der Waals surface area contributed by atoms with Gasteiger partial charge in [-0.2, -0.15) is 0 Å². The van der Waals surface area contributed by atoms with Crippen molar-refractivity contribution in [3.05, 3.63) is 53.1 Å². The average molecular weight is 305 g/mol. The smallest absolute Gasteiger partial charge is 0.323 e. The number of amides is 2. The Labute approximate surface area is 129 Å². The quantitative estimate of drug-likeness (QED) is 0.861. The number of hydrogen-bond acceptors (Lipinski definition) is 2. The van der Waals surface area contributed by atoms with Crippen molar-refractivity contribution in [3.8, 4) is 5.75 Å². The minimum absolute atomic E-state index is 0.305. The molecule has 0 saturated carbocycles.